The molecular formula is C17H24N4OS. The number of ether oxygens (including phenoxy) is 1. The number of hydrogen-bond donors (Lipinski definition) is 2. The summed E-state index contributed by atoms with van der Waals surface area (Å²) >= 11 is 1.71. The van der Waals surface area contributed by atoms with Crippen LogP contribution < -0.4 is 15.4 Å². The molecule has 0 fully saturated rings. The molecule has 1 aromatic carbocycles. The first-order valence-electron chi connectivity index (χ1n) is 7.54. The number of guanidine groups is 1. The Labute approximate surface area is 141 Å². The molecule has 0 bridgehead atoms. The number of methoxy groups -OCH3 is 1. The van der Waals surface area contributed by atoms with E-state index < -0.39 is 0 Å². The molecule has 2 aromatic rings. The fraction of sp³-hybridized carbons (Fsp3) is 0.412. The van der Waals surface area contributed by atoms with Gasteiger partial charge in [0.25, 0.3) is 0 Å². The molecule has 0 aliphatic carbocycles. The van der Waals surface area contributed by atoms with E-state index in [-0.39, 0.29) is 0 Å². The standard InChI is InChI=1S/C17H24N4OS/c1-11-6-7-14(15(8-11)22-5)9-19-17(18-4)20-10-16-12(2)21-13(3)23-16/h6-8H,9-10H2,1-5H3,(H2,18,19,20). The third-order valence-electron chi connectivity index (χ3n) is 3.53. The number of rotatable bonds is 5. The van der Waals surface area contributed by atoms with Crippen LogP contribution in [0.2, 0.25) is 0 Å². The van der Waals surface area contributed by atoms with Crippen LogP contribution in [0.25, 0.3) is 0 Å². The number of aliphatic imine (C=N–C) groups is 1. The zero-order valence-corrected chi connectivity index (χ0v) is 15.2. The van der Waals surface area contributed by atoms with Gasteiger partial charge in [0.2, 0.25) is 0 Å². The van der Waals surface area contributed by atoms with Crippen molar-refractivity contribution in [1.82, 2.24) is 15.6 Å². The smallest absolute Gasteiger partial charge is 0.191 e. The lowest BCUT2D eigenvalue weighted by atomic mass is 10.1. The number of aromatic nitrogens is 1. The van der Waals surface area contributed by atoms with Crippen molar-refractivity contribution in [3.8, 4) is 5.75 Å². The molecule has 0 atom stereocenters. The monoisotopic (exact) mass is 332 g/mol. The highest BCUT2D eigenvalue weighted by atomic mass is 32.1. The Balaban J connectivity index is 1.94. The highest BCUT2D eigenvalue weighted by molar-refractivity contribution is 7.11. The molecule has 124 valence electrons. The molecule has 0 amide bonds. The van der Waals surface area contributed by atoms with Gasteiger partial charge in [0.05, 0.1) is 24.4 Å². The number of nitrogens with zero attached hydrogens (tertiary/aromatic N) is 2. The minimum Gasteiger partial charge on any atom is -0.496 e. The number of benzene rings is 1. The largest absolute Gasteiger partial charge is 0.496 e. The summed E-state index contributed by atoms with van der Waals surface area (Å²) in [5.41, 5.74) is 3.37. The second-order valence-corrected chi connectivity index (χ2v) is 6.62. The van der Waals surface area contributed by atoms with E-state index in [1.54, 1.807) is 25.5 Å². The van der Waals surface area contributed by atoms with Gasteiger partial charge in [-0.1, -0.05) is 12.1 Å². The summed E-state index contributed by atoms with van der Waals surface area (Å²) < 4.78 is 5.43. The van der Waals surface area contributed by atoms with Crippen molar-refractivity contribution >= 4 is 17.3 Å². The van der Waals surface area contributed by atoms with Gasteiger partial charge in [0.1, 0.15) is 5.75 Å². The van der Waals surface area contributed by atoms with Gasteiger partial charge in [0.15, 0.2) is 5.96 Å². The lowest BCUT2D eigenvalue weighted by Crippen LogP contribution is -2.36. The molecule has 0 aliphatic heterocycles. The summed E-state index contributed by atoms with van der Waals surface area (Å²) in [4.78, 5) is 9.94. The maximum atomic E-state index is 5.43. The van der Waals surface area contributed by atoms with Gasteiger partial charge in [-0.15, -0.1) is 11.3 Å². The van der Waals surface area contributed by atoms with E-state index in [2.05, 4.69) is 39.7 Å². The summed E-state index contributed by atoms with van der Waals surface area (Å²) in [6, 6.07) is 6.20. The van der Waals surface area contributed by atoms with Crippen LogP contribution in [-0.4, -0.2) is 25.1 Å². The molecule has 5 nitrogen and oxygen atoms in total. The van der Waals surface area contributed by atoms with Crippen molar-refractivity contribution in [2.24, 2.45) is 4.99 Å². The van der Waals surface area contributed by atoms with Gasteiger partial charge in [-0.3, -0.25) is 4.99 Å². The van der Waals surface area contributed by atoms with Crippen LogP contribution in [0.15, 0.2) is 23.2 Å². The fourth-order valence-corrected chi connectivity index (χ4v) is 3.18. The van der Waals surface area contributed by atoms with Crippen LogP contribution in [0.5, 0.6) is 5.75 Å². The first-order valence-corrected chi connectivity index (χ1v) is 8.36. The normalized spacial score (nSPS) is 11.4. The molecular weight excluding hydrogens is 308 g/mol. The van der Waals surface area contributed by atoms with E-state index in [1.807, 2.05) is 19.9 Å². The third kappa shape index (κ3) is 4.69. The zero-order chi connectivity index (χ0) is 16.8. The van der Waals surface area contributed by atoms with Crippen LogP contribution in [0.1, 0.15) is 26.7 Å². The Kier molecular flexibility index (Phi) is 5.98. The van der Waals surface area contributed by atoms with E-state index in [1.165, 1.54) is 10.4 Å². The number of aryl methyl sites for hydroxylation is 3. The van der Waals surface area contributed by atoms with E-state index in [0.29, 0.717) is 6.54 Å². The number of nitrogens with one attached hydrogen (secondary N) is 2. The molecule has 2 rings (SSSR count). The lowest BCUT2D eigenvalue weighted by molar-refractivity contribution is 0.408. The van der Waals surface area contributed by atoms with Crippen LogP contribution in [0, 0.1) is 20.8 Å². The quantitative estimate of drug-likeness (QED) is 0.653. The van der Waals surface area contributed by atoms with Crippen LogP contribution in [0.4, 0.5) is 0 Å². The van der Waals surface area contributed by atoms with E-state index in [0.717, 1.165) is 34.5 Å². The predicted octanol–water partition coefficient (Wildman–Crippen LogP) is 2.94. The summed E-state index contributed by atoms with van der Waals surface area (Å²) in [6.07, 6.45) is 0. The Bertz CT molecular complexity index is 694. The van der Waals surface area contributed by atoms with Crippen molar-refractivity contribution in [2.45, 2.75) is 33.9 Å². The molecule has 23 heavy (non-hydrogen) atoms. The average molecular weight is 332 g/mol. The first kappa shape index (κ1) is 17.3. The molecule has 1 aromatic heterocycles. The Morgan fingerprint density at radius 2 is 1.96 bits per heavy atom. The second kappa shape index (κ2) is 7.97. The molecule has 2 N–H and O–H groups in total. The van der Waals surface area contributed by atoms with Crippen molar-refractivity contribution in [3.63, 3.8) is 0 Å². The second-order valence-electron chi connectivity index (χ2n) is 5.34. The van der Waals surface area contributed by atoms with Crippen LogP contribution in [0.3, 0.4) is 0 Å². The maximum absolute atomic E-state index is 5.43. The minimum atomic E-state index is 0.657. The van der Waals surface area contributed by atoms with E-state index in [9.17, 15) is 0 Å². The summed E-state index contributed by atoms with van der Waals surface area (Å²) in [7, 11) is 3.47. The lowest BCUT2D eigenvalue weighted by Gasteiger charge is -2.14. The zero-order valence-electron chi connectivity index (χ0n) is 14.4. The van der Waals surface area contributed by atoms with Gasteiger partial charge < -0.3 is 15.4 Å². The van der Waals surface area contributed by atoms with Crippen molar-refractivity contribution < 1.29 is 4.74 Å². The van der Waals surface area contributed by atoms with E-state index in [4.69, 9.17) is 4.74 Å². The van der Waals surface area contributed by atoms with Crippen LogP contribution >= 0.6 is 11.3 Å². The van der Waals surface area contributed by atoms with Gasteiger partial charge in [-0.25, -0.2) is 4.98 Å². The van der Waals surface area contributed by atoms with Gasteiger partial charge in [-0.05, 0) is 32.4 Å². The minimum absolute atomic E-state index is 0.657. The highest BCUT2D eigenvalue weighted by Crippen LogP contribution is 2.19. The third-order valence-corrected chi connectivity index (χ3v) is 4.60. The van der Waals surface area contributed by atoms with Gasteiger partial charge in [0, 0.05) is 24.0 Å². The van der Waals surface area contributed by atoms with E-state index >= 15 is 0 Å². The molecule has 0 unspecified atom stereocenters. The summed E-state index contributed by atoms with van der Waals surface area (Å²) in [5.74, 6) is 1.65. The topological polar surface area (TPSA) is 58.5 Å². The molecule has 0 radical (unpaired) electrons. The average Bonchev–Trinajstić information content (AvgIpc) is 2.86. The maximum Gasteiger partial charge on any atom is 0.191 e. The molecule has 0 aliphatic rings. The Morgan fingerprint density at radius 3 is 2.57 bits per heavy atom. The summed E-state index contributed by atoms with van der Waals surface area (Å²) in [6.45, 7) is 7.50. The number of thiazole rings is 1. The fourth-order valence-electron chi connectivity index (χ4n) is 2.30. The Hall–Kier alpha value is -2.08. The van der Waals surface area contributed by atoms with Crippen molar-refractivity contribution in [2.75, 3.05) is 14.2 Å². The Morgan fingerprint density at radius 1 is 1.22 bits per heavy atom. The molecule has 0 saturated heterocycles. The molecule has 6 heteroatoms. The van der Waals surface area contributed by atoms with Crippen molar-refractivity contribution in [3.05, 3.63) is 44.9 Å². The van der Waals surface area contributed by atoms with Gasteiger partial charge in [-0.2, -0.15) is 0 Å². The van der Waals surface area contributed by atoms with Gasteiger partial charge >= 0.3 is 0 Å². The first-order chi connectivity index (χ1) is 11.0. The summed E-state index contributed by atoms with van der Waals surface area (Å²) in [5, 5.41) is 7.74. The predicted molar refractivity (Wildman–Crippen MR) is 96.4 cm³/mol. The molecule has 0 spiro atoms. The molecule has 0 saturated carbocycles. The highest BCUT2D eigenvalue weighted by Gasteiger charge is 2.07. The van der Waals surface area contributed by atoms with Crippen LogP contribution in [-0.2, 0) is 13.1 Å². The molecule has 1 heterocycles. The number of hydrogen-bond acceptors (Lipinski definition) is 4. The SMILES string of the molecule is CN=C(NCc1ccc(C)cc1OC)NCc1sc(C)nc1C. The van der Waals surface area contributed by atoms with Crippen molar-refractivity contribution in [1.29, 1.82) is 0 Å².